The maximum Gasteiger partial charge on any atom is 0.296 e. The van der Waals surface area contributed by atoms with Gasteiger partial charge in [-0.1, -0.05) is 71.8 Å². The fourth-order valence-electron chi connectivity index (χ4n) is 6.11. The number of nitrogens with zero attached hydrogens (tertiary/aromatic N) is 2. The zero-order chi connectivity index (χ0) is 26.0. The Labute approximate surface area is 212 Å². The zero-order valence-electron chi connectivity index (χ0n) is 20.2. The Morgan fingerprint density at radius 3 is 1.76 bits per heavy atom. The summed E-state index contributed by atoms with van der Waals surface area (Å²) in [5, 5.41) is 11.6. The van der Waals surface area contributed by atoms with E-state index in [0.29, 0.717) is 0 Å². The van der Waals surface area contributed by atoms with E-state index in [-0.39, 0.29) is 17.5 Å². The van der Waals surface area contributed by atoms with Crippen LogP contribution in [0, 0.1) is 53.5 Å². The van der Waals surface area contributed by atoms with Gasteiger partial charge in [-0.2, -0.15) is 0 Å². The van der Waals surface area contributed by atoms with E-state index >= 15 is 0 Å². The lowest BCUT2D eigenvalue weighted by atomic mass is 9.85. The zero-order valence-corrected chi connectivity index (χ0v) is 20.2. The molecular formula is C30H23FN2O4. The molecule has 0 spiro atoms. The second-order valence-electron chi connectivity index (χ2n) is 9.95. The van der Waals surface area contributed by atoms with Crippen molar-refractivity contribution < 1.29 is 18.9 Å². The van der Waals surface area contributed by atoms with E-state index in [0.717, 1.165) is 56.5 Å². The van der Waals surface area contributed by atoms with Gasteiger partial charge in [0, 0.05) is 11.8 Å². The van der Waals surface area contributed by atoms with Gasteiger partial charge >= 0.3 is 0 Å². The Hall–Kier alpha value is -4.39. The molecule has 3 aromatic carbocycles. The van der Waals surface area contributed by atoms with Gasteiger partial charge in [-0.3, -0.25) is 19.7 Å². The normalized spacial score (nSPS) is 23.6. The van der Waals surface area contributed by atoms with Gasteiger partial charge in [0.2, 0.25) is 11.8 Å². The predicted octanol–water partition coefficient (Wildman–Crippen LogP) is 5.77. The molecule has 1 saturated carbocycles. The van der Waals surface area contributed by atoms with Crippen LogP contribution in [0.4, 0.5) is 15.8 Å². The average molecular weight is 495 g/mol. The van der Waals surface area contributed by atoms with E-state index in [9.17, 15) is 24.1 Å². The Morgan fingerprint density at radius 2 is 1.30 bits per heavy atom. The number of amides is 2. The molecule has 3 aromatic rings. The van der Waals surface area contributed by atoms with Gasteiger partial charge in [0.15, 0.2) is 0 Å². The standard InChI is InChI=1S/C30H23FN2O4/c1-16-3-7-18(8-4-16)25(19-9-5-17(2)6-10-19)26-21-12-13-22(26)28-27(21)29(34)32(30(28)35)23-14-11-20(31)15-24(23)33(36)37/h3-15,21-22,27-28H,1-2H3/t21-,22-,27-,28-/m1/s1. The third-order valence-electron chi connectivity index (χ3n) is 7.76. The van der Waals surface area contributed by atoms with Gasteiger partial charge in [-0.25, -0.2) is 9.29 Å². The number of allylic oxidation sites excluding steroid dienone is 3. The van der Waals surface area contributed by atoms with Gasteiger partial charge in [0.25, 0.3) is 5.69 Å². The molecular weight excluding hydrogens is 471 g/mol. The molecule has 2 bridgehead atoms. The molecule has 2 aliphatic carbocycles. The van der Waals surface area contributed by atoms with Crippen LogP contribution in [-0.2, 0) is 9.59 Å². The predicted molar refractivity (Wildman–Crippen MR) is 137 cm³/mol. The van der Waals surface area contributed by atoms with Gasteiger partial charge in [0.1, 0.15) is 11.5 Å². The number of rotatable bonds is 4. The maximum absolute atomic E-state index is 13.8. The van der Waals surface area contributed by atoms with E-state index in [4.69, 9.17) is 0 Å². The van der Waals surface area contributed by atoms with Gasteiger partial charge in [-0.15, -0.1) is 0 Å². The number of hydrogen-bond acceptors (Lipinski definition) is 4. The summed E-state index contributed by atoms with van der Waals surface area (Å²) in [6.45, 7) is 4.04. The summed E-state index contributed by atoms with van der Waals surface area (Å²) in [6.07, 6.45) is 3.97. The molecule has 2 amide bonds. The van der Waals surface area contributed by atoms with Crippen LogP contribution >= 0.6 is 0 Å². The molecule has 2 fully saturated rings. The maximum atomic E-state index is 13.8. The lowest BCUT2D eigenvalue weighted by molar-refractivity contribution is -0.384. The fraction of sp³-hybridized carbons (Fsp3) is 0.200. The van der Waals surface area contributed by atoms with Crippen molar-refractivity contribution in [2.45, 2.75) is 13.8 Å². The summed E-state index contributed by atoms with van der Waals surface area (Å²) in [7, 11) is 0. The number of hydrogen-bond donors (Lipinski definition) is 0. The van der Waals surface area contributed by atoms with Crippen LogP contribution in [0.5, 0.6) is 0 Å². The Kier molecular flexibility index (Phi) is 5.19. The number of aryl methyl sites for hydroxylation is 2. The molecule has 0 radical (unpaired) electrons. The number of benzene rings is 3. The van der Waals surface area contributed by atoms with Crippen LogP contribution in [0.25, 0.3) is 5.57 Å². The molecule has 1 heterocycles. The van der Waals surface area contributed by atoms with Crippen molar-refractivity contribution >= 4 is 28.8 Å². The van der Waals surface area contributed by atoms with E-state index < -0.39 is 40.1 Å². The minimum Gasteiger partial charge on any atom is -0.274 e. The van der Waals surface area contributed by atoms with E-state index in [1.54, 1.807) is 0 Å². The van der Waals surface area contributed by atoms with Crippen molar-refractivity contribution in [1.82, 2.24) is 0 Å². The first kappa shape index (κ1) is 23.0. The summed E-state index contributed by atoms with van der Waals surface area (Å²) < 4.78 is 13.8. The van der Waals surface area contributed by atoms with Crippen molar-refractivity contribution in [2.24, 2.45) is 23.7 Å². The molecule has 0 aromatic heterocycles. The van der Waals surface area contributed by atoms with Crippen molar-refractivity contribution in [3.8, 4) is 0 Å². The molecule has 0 N–H and O–H groups in total. The van der Waals surface area contributed by atoms with Crippen molar-refractivity contribution in [1.29, 1.82) is 0 Å². The summed E-state index contributed by atoms with van der Waals surface area (Å²) in [5.74, 6) is -3.71. The second-order valence-corrected chi connectivity index (χ2v) is 9.95. The van der Waals surface area contributed by atoms with Crippen LogP contribution in [-0.4, -0.2) is 16.7 Å². The first-order valence-electron chi connectivity index (χ1n) is 12.1. The number of nitro groups is 1. The molecule has 6 rings (SSSR count). The Bertz CT molecular complexity index is 1460. The highest BCUT2D eigenvalue weighted by Gasteiger charge is 2.63. The smallest absolute Gasteiger partial charge is 0.274 e. The number of imide groups is 1. The third-order valence-corrected chi connectivity index (χ3v) is 7.76. The molecule has 1 aliphatic heterocycles. The second kappa shape index (κ2) is 8.34. The fourth-order valence-corrected chi connectivity index (χ4v) is 6.11. The summed E-state index contributed by atoms with van der Waals surface area (Å²) in [5.41, 5.74) is 5.53. The summed E-state index contributed by atoms with van der Waals surface area (Å²) in [4.78, 5) is 39.2. The van der Waals surface area contributed by atoms with Gasteiger partial charge in [-0.05, 0) is 48.3 Å². The Morgan fingerprint density at radius 1 is 0.811 bits per heavy atom. The van der Waals surface area contributed by atoms with Crippen LogP contribution < -0.4 is 4.90 Å². The molecule has 0 unspecified atom stereocenters. The Balaban J connectivity index is 1.49. The highest BCUT2D eigenvalue weighted by Crippen LogP contribution is 2.59. The number of carbonyl (C=O) groups excluding carboxylic acids is 2. The third kappa shape index (κ3) is 3.45. The number of fused-ring (bicyclic) bond motifs is 5. The van der Waals surface area contributed by atoms with Crippen LogP contribution in [0.3, 0.4) is 0 Å². The number of nitro benzene ring substituents is 1. The average Bonchev–Trinajstić information content (AvgIpc) is 3.51. The van der Waals surface area contributed by atoms with E-state index in [1.165, 1.54) is 0 Å². The topological polar surface area (TPSA) is 80.5 Å². The SMILES string of the molecule is Cc1ccc(C(=C2[C@H]3C=C[C@H]2[C@H]2C(=O)N(c4ccc(F)cc4[N+](=O)[O-])C(=O)[C@@H]23)c2ccc(C)cc2)cc1. The molecule has 3 aliphatic rings. The summed E-state index contributed by atoms with van der Waals surface area (Å²) >= 11 is 0. The van der Waals surface area contributed by atoms with E-state index in [1.807, 2.05) is 50.3 Å². The molecule has 37 heavy (non-hydrogen) atoms. The molecule has 1 saturated heterocycles. The van der Waals surface area contributed by atoms with Gasteiger partial charge in [0.05, 0.1) is 22.8 Å². The lowest BCUT2D eigenvalue weighted by Crippen LogP contribution is -2.33. The lowest BCUT2D eigenvalue weighted by Gasteiger charge is -2.21. The van der Waals surface area contributed by atoms with Crippen molar-refractivity contribution in [3.63, 3.8) is 0 Å². The molecule has 184 valence electrons. The molecule has 4 atom stereocenters. The summed E-state index contributed by atoms with van der Waals surface area (Å²) in [6, 6.07) is 19.3. The largest absolute Gasteiger partial charge is 0.296 e. The first-order valence-corrected chi connectivity index (χ1v) is 12.1. The van der Waals surface area contributed by atoms with Crippen LogP contribution in [0.1, 0.15) is 22.3 Å². The first-order chi connectivity index (χ1) is 17.8. The highest BCUT2D eigenvalue weighted by atomic mass is 19.1. The molecule has 7 heteroatoms. The van der Waals surface area contributed by atoms with E-state index in [2.05, 4.69) is 24.3 Å². The number of halogens is 1. The van der Waals surface area contributed by atoms with Crippen molar-refractivity contribution in [2.75, 3.05) is 4.90 Å². The van der Waals surface area contributed by atoms with Crippen LogP contribution in [0.15, 0.2) is 84.5 Å². The monoisotopic (exact) mass is 494 g/mol. The van der Waals surface area contributed by atoms with Crippen LogP contribution in [0.2, 0.25) is 0 Å². The molecule has 6 nitrogen and oxygen atoms in total. The minimum absolute atomic E-state index is 0.182. The quantitative estimate of drug-likeness (QED) is 0.199. The number of anilines is 1. The number of carbonyl (C=O) groups is 2. The minimum atomic E-state index is -0.803. The van der Waals surface area contributed by atoms with Crippen molar-refractivity contribution in [3.05, 3.63) is 123 Å². The highest BCUT2D eigenvalue weighted by molar-refractivity contribution is 6.24. The van der Waals surface area contributed by atoms with Gasteiger partial charge < -0.3 is 0 Å².